The summed E-state index contributed by atoms with van der Waals surface area (Å²) in [7, 11) is -1.72. The van der Waals surface area contributed by atoms with Gasteiger partial charge in [-0.1, -0.05) is 60.9 Å². The number of carbonyl (C=O) groups excluding carboxylic acids is 2. The number of hydrogen-bond donors (Lipinski definition) is 4. The number of aromatic nitrogens is 2. The fourth-order valence-electron chi connectivity index (χ4n) is 4.36. The monoisotopic (exact) mass is 525 g/mol. The molecule has 1 aromatic carbocycles. The Morgan fingerprint density at radius 2 is 1.97 bits per heavy atom. The second kappa shape index (κ2) is 11.3. The van der Waals surface area contributed by atoms with Crippen LogP contribution < -0.4 is 10.6 Å². The highest BCUT2D eigenvalue weighted by Gasteiger charge is 2.48. The molecule has 12 heteroatoms. The Labute approximate surface area is 219 Å². The highest BCUT2D eigenvalue weighted by atomic mass is 35.5. The molecule has 1 aliphatic heterocycles. The van der Waals surface area contributed by atoms with E-state index in [1.54, 1.807) is 22.7 Å². The lowest BCUT2D eigenvalue weighted by molar-refractivity contribution is -0.144. The first-order chi connectivity index (χ1) is 17.7. The van der Waals surface area contributed by atoms with Gasteiger partial charge in [0, 0.05) is 19.0 Å². The summed E-state index contributed by atoms with van der Waals surface area (Å²) >= 11 is 6.10. The molecule has 2 atom stereocenters. The molecule has 4 rings (SSSR count). The van der Waals surface area contributed by atoms with Crippen molar-refractivity contribution in [2.45, 2.75) is 44.7 Å². The molecule has 0 aliphatic carbocycles. The Hall–Kier alpha value is -3.41. The van der Waals surface area contributed by atoms with Gasteiger partial charge in [0.15, 0.2) is 5.65 Å². The molecule has 194 valence electrons. The number of hydrogen-bond acceptors (Lipinski definition) is 7. The number of carbonyl (C=O) groups is 2. The van der Waals surface area contributed by atoms with E-state index in [1.807, 2.05) is 44.2 Å². The van der Waals surface area contributed by atoms with Crippen LogP contribution in [0, 0.1) is 5.92 Å². The molecule has 2 amide bonds. The third-order valence-corrected chi connectivity index (χ3v) is 6.46. The Morgan fingerprint density at radius 3 is 2.68 bits per heavy atom. The number of benzene rings is 1. The zero-order chi connectivity index (χ0) is 26.6. The highest BCUT2D eigenvalue weighted by Crippen LogP contribution is 2.29. The molecule has 0 bridgehead atoms. The Kier molecular flexibility index (Phi) is 8.16. The largest absolute Gasteiger partial charge is 0.475 e. The molecule has 0 saturated carbocycles. The van der Waals surface area contributed by atoms with Gasteiger partial charge in [-0.25, -0.2) is 4.98 Å². The van der Waals surface area contributed by atoms with Crippen LogP contribution in [-0.2, 0) is 16.1 Å². The predicted octanol–water partition coefficient (Wildman–Crippen LogP) is 2.02. The second-order valence-electron chi connectivity index (χ2n) is 9.58. The average Bonchev–Trinajstić information content (AvgIpc) is 3.46. The summed E-state index contributed by atoms with van der Waals surface area (Å²) < 4.78 is 1.60. The number of nitrogens with zero attached hydrogens (tertiary/aromatic N) is 3. The lowest BCUT2D eigenvalue weighted by Crippen LogP contribution is -2.56. The lowest BCUT2D eigenvalue weighted by atomic mass is 9.74. The van der Waals surface area contributed by atoms with Gasteiger partial charge in [-0.3, -0.25) is 14.0 Å². The normalized spacial score (nSPS) is 17.8. The van der Waals surface area contributed by atoms with Crippen molar-refractivity contribution in [3.8, 4) is 0 Å². The molecule has 0 saturated heterocycles. The third kappa shape index (κ3) is 6.12. The Bertz CT molecular complexity index is 1300. The Morgan fingerprint density at radius 1 is 1.22 bits per heavy atom. The maximum Gasteiger partial charge on any atom is 0.475 e. The van der Waals surface area contributed by atoms with E-state index in [0.717, 1.165) is 5.56 Å². The van der Waals surface area contributed by atoms with Gasteiger partial charge in [-0.05, 0) is 30.0 Å². The molecule has 2 aromatic heterocycles. The van der Waals surface area contributed by atoms with E-state index in [0.29, 0.717) is 28.5 Å². The van der Waals surface area contributed by atoms with Gasteiger partial charge in [0.05, 0.1) is 30.0 Å². The quantitative estimate of drug-likeness (QED) is 0.299. The molecule has 37 heavy (non-hydrogen) atoms. The lowest BCUT2D eigenvalue weighted by Gasteiger charge is -2.29. The van der Waals surface area contributed by atoms with Gasteiger partial charge in [-0.15, -0.1) is 0 Å². The van der Waals surface area contributed by atoms with Crippen LogP contribution in [0.15, 0.2) is 60.0 Å². The number of rotatable bonds is 10. The van der Waals surface area contributed by atoms with Crippen LogP contribution in [0.1, 0.15) is 42.6 Å². The zero-order valence-corrected chi connectivity index (χ0v) is 21.4. The Balaban J connectivity index is 1.48. The summed E-state index contributed by atoms with van der Waals surface area (Å²) in [5, 5.41) is 29.7. The minimum Gasteiger partial charge on any atom is -0.426 e. The smallest absolute Gasteiger partial charge is 0.426 e. The van der Waals surface area contributed by atoms with Crippen molar-refractivity contribution in [2.75, 3.05) is 6.54 Å². The predicted molar refractivity (Wildman–Crippen MR) is 140 cm³/mol. The van der Waals surface area contributed by atoms with Crippen molar-refractivity contribution < 1.29 is 24.5 Å². The van der Waals surface area contributed by atoms with Crippen LogP contribution in [0.2, 0.25) is 5.15 Å². The number of imidazole rings is 1. The summed E-state index contributed by atoms with van der Waals surface area (Å²) in [6, 6.07) is 12.7. The van der Waals surface area contributed by atoms with E-state index in [1.165, 1.54) is 6.20 Å². The van der Waals surface area contributed by atoms with Crippen LogP contribution in [0.5, 0.6) is 0 Å². The van der Waals surface area contributed by atoms with Crippen molar-refractivity contribution in [2.24, 2.45) is 11.1 Å². The van der Waals surface area contributed by atoms with Gasteiger partial charge in [0.1, 0.15) is 5.15 Å². The zero-order valence-electron chi connectivity index (χ0n) is 20.6. The van der Waals surface area contributed by atoms with E-state index in [4.69, 9.17) is 16.4 Å². The van der Waals surface area contributed by atoms with Crippen molar-refractivity contribution in [3.05, 3.63) is 71.1 Å². The molecule has 10 nitrogen and oxygen atoms in total. The molecule has 0 radical (unpaired) electrons. The summed E-state index contributed by atoms with van der Waals surface area (Å²) in [5.74, 6) is -1.62. The SMILES string of the molecule is CC(C)C[C@H](NC(=O)C1(Cc2ccccc2)CC(CNC(=O)c2cccn3c(Cl)cnc23)=NO1)B(O)O. The number of fused-ring (bicyclic) bond motifs is 1. The van der Waals surface area contributed by atoms with Crippen molar-refractivity contribution in [3.63, 3.8) is 0 Å². The van der Waals surface area contributed by atoms with Crippen LogP contribution >= 0.6 is 11.6 Å². The number of halogens is 1. The van der Waals surface area contributed by atoms with E-state index >= 15 is 0 Å². The van der Waals surface area contributed by atoms with Gasteiger partial charge in [-0.2, -0.15) is 0 Å². The molecule has 0 fully saturated rings. The number of oxime groups is 1. The van der Waals surface area contributed by atoms with Gasteiger partial charge >= 0.3 is 7.12 Å². The van der Waals surface area contributed by atoms with E-state index < -0.39 is 24.6 Å². The van der Waals surface area contributed by atoms with Crippen LogP contribution in [0.25, 0.3) is 5.65 Å². The summed E-state index contributed by atoms with van der Waals surface area (Å²) in [5.41, 5.74) is 0.688. The summed E-state index contributed by atoms with van der Waals surface area (Å²) in [4.78, 5) is 36.3. The first kappa shape index (κ1) is 26.7. The second-order valence-corrected chi connectivity index (χ2v) is 9.97. The molecular formula is C25H29BClN5O5. The molecule has 1 aliphatic rings. The molecule has 1 unspecified atom stereocenters. The fraction of sp³-hybridized carbons (Fsp3) is 0.360. The summed E-state index contributed by atoms with van der Waals surface area (Å²) in [6.45, 7) is 3.90. The maximum atomic E-state index is 13.5. The number of pyridine rings is 1. The third-order valence-electron chi connectivity index (χ3n) is 6.18. The minimum absolute atomic E-state index is 0.0518. The van der Waals surface area contributed by atoms with E-state index in [9.17, 15) is 19.6 Å². The first-order valence-electron chi connectivity index (χ1n) is 12.0. The molecule has 4 N–H and O–H groups in total. The van der Waals surface area contributed by atoms with Crippen molar-refractivity contribution in [1.82, 2.24) is 20.0 Å². The first-order valence-corrected chi connectivity index (χ1v) is 12.4. The van der Waals surface area contributed by atoms with Crippen LogP contribution in [0.3, 0.4) is 0 Å². The topological polar surface area (TPSA) is 138 Å². The van der Waals surface area contributed by atoms with Crippen molar-refractivity contribution >= 4 is 41.9 Å². The van der Waals surface area contributed by atoms with Gasteiger partial charge in [0.25, 0.3) is 11.8 Å². The van der Waals surface area contributed by atoms with Crippen LogP contribution in [-0.4, -0.2) is 62.2 Å². The highest BCUT2D eigenvalue weighted by molar-refractivity contribution is 6.43. The average molecular weight is 526 g/mol. The molecular weight excluding hydrogens is 497 g/mol. The fourth-order valence-corrected chi connectivity index (χ4v) is 4.55. The van der Waals surface area contributed by atoms with Gasteiger partial charge < -0.3 is 25.5 Å². The molecule has 3 heterocycles. The molecule has 3 aromatic rings. The number of amides is 2. The minimum atomic E-state index is -1.72. The van der Waals surface area contributed by atoms with Crippen LogP contribution in [0.4, 0.5) is 0 Å². The van der Waals surface area contributed by atoms with E-state index in [2.05, 4.69) is 20.8 Å². The van der Waals surface area contributed by atoms with Gasteiger partial charge in [0.2, 0.25) is 5.60 Å². The maximum absolute atomic E-state index is 13.5. The standard InChI is InChI=1S/C25H29BClN5O5/c1-16(2)11-20(26(35)36)30-24(34)25(12-17-7-4-3-5-8-17)13-18(31-37-25)14-29-23(33)19-9-6-10-32-21(27)15-28-22(19)32/h3-10,15-16,20,35-36H,11-14H2,1-2H3,(H,29,33)(H,30,34)/t20-,25?/m0/s1. The number of nitrogens with one attached hydrogen (secondary N) is 2. The van der Waals surface area contributed by atoms with E-state index in [-0.39, 0.29) is 31.2 Å². The summed E-state index contributed by atoms with van der Waals surface area (Å²) in [6.07, 6.45) is 3.88. The van der Waals surface area contributed by atoms with Crippen molar-refractivity contribution in [1.29, 1.82) is 0 Å². The molecule has 0 spiro atoms.